The van der Waals surface area contributed by atoms with Crippen LogP contribution in [0.5, 0.6) is 0 Å². The zero-order valence-electron chi connectivity index (χ0n) is 11.7. The van der Waals surface area contributed by atoms with E-state index in [2.05, 4.69) is 48.4 Å². The van der Waals surface area contributed by atoms with Crippen LogP contribution in [-0.2, 0) is 12.8 Å². The van der Waals surface area contributed by atoms with Gasteiger partial charge in [-0.25, -0.2) is 4.63 Å². The second kappa shape index (κ2) is 3.92. The summed E-state index contributed by atoms with van der Waals surface area (Å²) in [5.41, 5.74) is 7.32. The van der Waals surface area contributed by atoms with Crippen molar-refractivity contribution in [3.8, 4) is 11.1 Å². The Morgan fingerprint density at radius 1 is 0.950 bits per heavy atom. The van der Waals surface area contributed by atoms with E-state index in [1.807, 2.05) is 12.1 Å². The Bertz CT molecular complexity index is 802. The molecule has 0 amide bonds. The van der Waals surface area contributed by atoms with E-state index in [1.54, 1.807) is 0 Å². The lowest BCUT2D eigenvalue weighted by atomic mass is 9.89. The molecule has 3 nitrogen and oxygen atoms in total. The minimum atomic E-state index is 0.342. The molecule has 1 aliphatic rings. The largest absolute Gasteiger partial charge is 0.243 e. The van der Waals surface area contributed by atoms with E-state index in [0.717, 1.165) is 29.4 Å². The van der Waals surface area contributed by atoms with Gasteiger partial charge in [0.25, 0.3) is 0 Å². The van der Waals surface area contributed by atoms with Crippen molar-refractivity contribution in [1.29, 1.82) is 0 Å². The van der Waals surface area contributed by atoms with Gasteiger partial charge in [0.1, 0.15) is 11.0 Å². The molecule has 0 saturated carbocycles. The molecule has 100 valence electrons. The molecule has 0 aliphatic heterocycles. The predicted molar refractivity (Wildman–Crippen MR) is 78.4 cm³/mol. The van der Waals surface area contributed by atoms with Crippen molar-refractivity contribution in [1.82, 2.24) is 10.3 Å². The van der Waals surface area contributed by atoms with E-state index >= 15 is 0 Å². The minimum absolute atomic E-state index is 0.342. The highest BCUT2D eigenvalue weighted by atomic mass is 16.6. The number of benzene rings is 2. The summed E-state index contributed by atoms with van der Waals surface area (Å²) in [4.78, 5) is 0. The molecular formula is C17H16N2O. The van der Waals surface area contributed by atoms with Gasteiger partial charge >= 0.3 is 0 Å². The first-order chi connectivity index (χ1) is 9.64. The summed E-state index contributed by atoms with van der Waals surface area (Å²) < 4.78 is 4.89. The van der Waals surface area contributed by atoms with Gasteiger partial charge in [-0.05, 0) is 51.3 Å². The second-order valence-electron chi connectivity index (χ2n) is 6.40. The number of rotatable bonds is 1. The Morgan fingerprint density at radius 3 is 2.65 bits per heavy atom. The van der Waals surface area contributed by atoms with Crippen molar-refractivity contribution >= 4 is 11.0 Å². The lowest BCUT2D eigenvalue weighted by Gasteiger charge is -2.15. The van der Waals surface area contributed by atoms with Crippen LogP contribution < -0.4 is 0 Å². The van der Waals surface area contributed by atoms with E-state index in [0.29, 0.717) is 5.41 Å². The van der Waals surface area contributed by atoms with Crippen molar-refractivity contribution < 1.29 is 4.63 Å². The first-order valence-electron chi connectivity index (χ1n) is 6.96. The number of hydrogen-bond acceptors (Lipinski definition) is 3. The number of fused-ring (bicyclic) bond motifs is 2. The first kappa shape index (κ1) is 11.6. The molecule has 0 radical (unpaired) electrons. The molecule has 3 heteroatoms. The van der Waals surface area contributed by atoms with E-state index in [9.17, 15) is 0 Å². The minimum Gasteiger partial charge on any atom is -0.243 e. The molecule has 1 aromatic heterocycles. The molecule has 0 N–H and O–H groups in total. The lowest BCUT2D eigenvalue weighted by Crippen LogP contribution is -2.09. The highest BCUT2D eigenvalue weighted by Crippen LogP contribution is 2.42. The molecule has 0 fully saturated rings. The molecule has 20 heavy (non-hydrogen) atoms. The molecule has 0 saturated heterocycles. The van der Waals surface area contributed by atoms with Crippen molar-refractivity contribution in [2.24, 2.45) is 5.41 Å². The molecule has 4 rings (SSSR count). The van der Waals surface area contributed by atoms with Gasteiger partial charge in [-0.3, -0.25) is 0 Å². The molecule has 2 aromatic carbocycles. The molecule has 0 unspecified atom stereocenters. The van der Waals surface area contributed by atoms with Gasteiger partial charge in [0, 0.05) is 5.56 Å². The monoisotopic (exact) mass is 264 g/mol. The maximum atomic E-state index is 4.89. The Labute approximate surface area is 117 Å². The number of nitrogens with zero attached hydrogens (tertiary/aromatic N) is 2. The molecule has 0 spiro atoms. The molecule has 1 aliphatic carbocycles. The zero-order chi connectivity index (χ0) is 13.7. The zero-order valence-corrected chi connectivity index (χ0v) is 11.7. The van der Waals surface area contributed by atoms with Crippen molar-refractivity contribution in [2.75, 3.05) is 0 Å². The SMILES string of the molecule is CC1(C)Cc2cccc(-c3cccc4nonc34)c2C1. The second-order valence-corrected chi connectivity index (χ2v) is 6.40. The average molecular weight is 264 g/mol. The van der Waals surface area contributed by atoms with Gasteiger partial charge in [-0.2, -0.15) is 0 Å². The van der Waals surface area contributed by atoms with Gasteiger partial charge in [0.05, 0.1) is 0 Å². The fourth-order valence-corrected chi connectivity index (χ4v) is 3.34. The van der Waals surface area contributed by atoms with Gasteiger partial charge < -0.3 is 0 Å². The standard InChI is InChI=1S/C17H16N2O/c1-17(2)9-11-5-3-6-12(14(11)10-17)13-7-4-8-15-16(13)19-20-18-15/h3-8H,9-10H2,1-2H3. The fourth-order valence-electron chi connectivity index (χ4n) is 3.34. The van der Waals surface area contributed by atoms with Crippen LogP contribution in [0.3, 0.4) is 0 Å². The fraction of sp³-hybridized carbons (Fsp3) is 0.294. The molecule has 3 aromatic rings. The van der Waals surface area contributed by atoms with Crippen molar-refractivity contribution in [3.05, 3.63) is 47.5 Å². The third-order valence-electron chi connectivity index (χ3n) is 4.17. The Hall–Kier alpha value is -2.16. The molecule has 1 heterocycles. The third-order valence-corrected chi connectivity index (χ3v) is 4.17. The molecule has 0 atom stereocenters. The van der Waals surface area contributed by atoms with Gasteiger partial charge in [0.15, 0.2) is 0 Å². The Kier molecular flexibility index (Phi) is 2.28. The topological polar surface area (TPSA) is 38.9 Å². The van der Waals surface area contributed by atoms with Gasteiger partial charge in [-0.1, -0.05) is 44.2 Å². The van der Waals surface area contributed by atoms with Gasteiger partial charge in [0.2, 0.25) is 0 Å². The summed E-state index contributed by atoms with van der Waals surface area (Å²) >= 11 is 0. The predicted octanol–water partition coefficient (Wildman–Crippen LogP) is 4.01. The van der Waals surface area contributed by atoms with Gasteiger partial charge in [-0.15, -0.1) is 0 Å². The first-order valence-corrected chi connectivity index (χ1v) is 6.96. The number of hydrogen-bond donors (Lipinski definition) is 0. The Morgan fingerprint density at radius 2 is 1.75 bits per heavy atom. The normalized spacial score (nSPS) is 16.5. The molecular weight excluding hydrogens is 248 g/mol. The lowest BCUT2D eigenvalue weighted by molar-refractivity contribution is 0.315. The Balaban J connectivity index is 1.97. The summed E-state index contributed by atoms with van der Waals surface area (Å²) in [6.07, 6.45) is 2.25. The van der Waals surface area contributed by atoms with Crippen LogP contribution in [-0.4, -0.2) is 10.3 Å². The summed E-state index contributed by atoms with van der Waals surface area (Å²) in [7, 11) is 0. The summed E-state index contributed by atoms with van der Waals surface area (Å²) in [6.45, 7) is 4.66. The van der Waals surface area contributed by atoms with E-state index in [1.165, 1.54) is 16.7 Å². The highest BCUT2D eigenvalue weighted by molar-refractivity contribution is 5.92. The van der Waals surface area contributed by atoms with E-state index in [-0.39, 0.29) is 0 Å². The number of aromatic nitrogens is 2. The average Bonchev–Trinajstić information content (AvgIpc) is 2.99. The van der Waals surface area contributed by atoms with Crippen LogP contribution in [0.4, 0.5) is 0 Å². The maximum absolute atomic E-state index is 4.89. The smallest absolute Gasteiger partial charge is 0.143 e. The van der Waals surface area contributed by atoms with Crippen LogP contribution in [0.15, 0.2) is 41.0 Å². The quantitative estimate of drug-likeness (QED) is 0.666. The summed E-state index contributed by atoms with van der Waals surface area (Å²) in [5.74, 6) is 0. The highest BCUT2D eigenvalue weighted by Gasteiger charge is 2.30. The van der Waals surface area contributed by atoms with Crippen LogP contribution in [0.2, 0.25) is 0 Å². The van der Waals surface area contributed by atoms with Crippen LogP contribution >= 0.6 is 0 Å². The maximum Gasteiger partial charge on any atom is 0.143 e. The van der Waals surface area contributed by atoms with E-state index in [4.69, 9.17) is 4.63 Å². The van der Waals surface area contributed by atoms with E-state index < -0.39 is 0 Å². The van der Waals surface area contributed by atoms with Crippen molar-refractivity contribution in [3.63, 3.8) is 0 Å². The summed E-state index contributed by atoms with van der Waals surface area (Å²) in [6, 6.07) is 12.6. The third kappa shape index (κ3) is 1.66. The summed E-state index contributed by atoms with van der Waals surface area (Å²) in [5, 5.41) is 8.01. The van der Waals surface area contributed by atoms with Crippen molar-refractivity contribution in [2.45, 2.75) is 26.7 Å². The van der Waals surface area contributed by atoms with Crippen LogP contribution in [0.1, 0.15) is 25.0 Å². The van der Waals surface area contributed by atoms with Crippen LogP contribution in [0, 0.1) is 5.41 Å². The molecule has 0 bridgehead atoms. The van der Waals surface area contributed by atoms with Crippen LogP contribution in [0.25, 0.3) is 22.2 Å².